The first-order valence-electron chi connectivity index (χ1n) is 8.83. The van der Waals surface area contributed by atoms with Crippen molar-refractivity contribution in [1.82, 2.24) is 9.99 Å². The third-order valence-electron chi connectivity index (χ3n) is 4.15. The highest BCUT2D eigenvalue weighted by molar-refractivity contribution is 6.30. The van der Waals surface area contributed by atoms with Crippen molar-refractivity contribution < 1.29 is 9.90 Å². The number of rotatable bonds is 5. The molecule has 7 heteroatoms. The van der Waals surface area contributed by atoms with Crippen molar-refractivity contribution in [2.75, 3.05) is 0 Å². The van der Waals surface area contributed by atoms with Gasteiger partial charge in [0.05, 0.1) is 17.5 Å². The standard InChI is InChI=1S/C21H20ClN3O3/c1-13(2)10-19(26)24-23-12-18-16-8-3-4-9-17(16)20(27)25(21(18)28)15-7-5-6-14(22)11-15/h3-9,11-13,28H,10H2,1-2H3,(H,24,26)/b23-12+. The smallest absolute Gasteiger partial charge is 0.265 e. The van der Waals surface area contributed by atoms with Crippen LogP contribution in [0.1, 0.15) is 25.8 Å². The molecule has 0 unspecified atom stereocenters. The highest BCUT2D eigenvalue weighted by Crippen LogP contribution is 2.26. The van der Waals surface area contributed by atoms with E-state index in [-0.39, 0.29) is 23.3 Å². The van der Waals surface area contributed by atoms with Crippen LogP contribution in [-0.2, 0) is 4.79 Å². The Morgan fingerprint density at radius 2 is 1.93 bits per heavy atom. The summed E-state index contributed by atoms with van der Waals surface area (Å²) in [4.78, 5) is 24.8. The largest absolute Gasteiger partial charge is 0.494 e. The van der Waals surface area contributed by atoms with Gasteiger partial charge in [0, 0.05) is 22.2 Å². The van der Waals surface area contributed by atoms with E-state index < -0.39 is 0 Å². The van der Waals surface area contributed by atoms with E-state index in [1.165, 1.54) is 10.8 Å². The molecule has 144 valence electrons. The molecule has 0 aliphatic heterocycles. The van der Waals surface area contributed by atoms with E-state index in [0.29, 0.717) is 33.5 Å². The van der Waals surface area contributed by atoms with E-state index in [9.17, 15) is 14.7 Å². The summed E-state index contributed by atoms with van der Waals surface area (Å²) >= 11 is 6.05. The monoisotopic (exact) mass is 397 g/mol. The molecule has 0 fully saturated rings. The van der Waals surface area contributed by atoms with Gasteiger partial charge in [-0.15, -0.1) is 0 Å². The van der Waals surface area contributed by atoms with Gasteiger partial charge in [-0.25, -0.2) is 9.99 Å². The zero-order chi connectivity index (χ0) is 20.3. The van der Waals surface area contributed by atoms with Crippen LogP contribution in [-0.4, -0.2) is 21.8 Å². The molecule has 0 aliphatic carbocycles. The quantitative estimate of drug-likeness (QED) is 0.506. The molecule has 0 bridgehead atoms. The average Bonchev–Trinajstić information content (AvgIpc) is 2.64. The lowest BCUT2D eigenvalue weighted by Gasteiger charge is -2.14. The molecule has 0 atom stereocenters. The van der Waals surface area contributed by atoms with Gasteiger partial charge in [0.15, 0.2) is 0 Å². The topological polar surface area (TPSA) is 83.7 Å². The fourth-order valence-electron chi connectivity index (χ4n) is 2.93. The number of amides is 1. The van der Waals surface area contributed by atoms with Gasteiger partial charge in [0.25, 0.3) is 5.56 Å². The Bertz CT molecular complexity index is 1120. The number of hydrogen-bond acceptors (Lipinski definition) is 4. The highest BCUT2D eigenvalue weighted by atomic mass is 35.5. The Balaban J connectivity index is 2.14. The number of benzene rings is 2. The summed E-state index contributed by atoms with van der Waals surface area (Å²) in [5.74, 6) is -0.305. The van der Waals surface area contributed by atoms with Crippen LogP contribution in [0.25, 0.3) is 16.5 Å². The van der Waals surface area contributed by atoms with E-state index in [1.807, 2.05) is 13.8 Å². The summed E-state index contributed by atoms with van der Waals surface area (Å²) in [5.41, 5.74) is 2.82. The number of nitrogens with zero attached hydrogens (tertiary/aromatic N) is 2. The van der Waals surface area contributed by atoms with Crippen LogP contribution < -0.4 is 11.0 Å². The number of hydrazone groups is 1. The van der Waals surface area contributed by atoms with Gasteiger partial charge in [-0.05, 0) is 30.2 Å². The molecule has 0 saturated heterocycles. The molecule has 1 aromatic heterocycles. The molecule has 0 radical (unpaired) electrons. The fraction of sp³-hybridized carbons (Fsp3) is 0.190. The maximum absolute atomic E-state index is 13.0. The number of carbonyl (C=O) groups excluding carboxylic acids is 1. The maximum atomic E-state index is 13.0. The number of aromatic nitrogens is 1. The lowest BCUT2D eigenvalue weighted by atomic mass is 10.1. The second-order valence-electron chi connectivity index (χ2n) is 6.79. The number of nitrogens with one attached hydrogen (secondary N) is 1. The average molecular weight is 398 g/mol. The van der Waals surface area contributed by atoms with Crippen molar-refractivity contribution in [3.05, 3.63) is 69.5 Å². The molecule has 6 nitrogen and oxygen atoms in total. The number of carbonyl (C=O) groups is 1. The molecule has 2 N–H and O–H groups in total. The number of fused-ring (bicyclic) bond motifs is 1. The Labute approximate surface area is 167 Å². The zero-order valence-corrected chi connectivity index (χ0v) is 16.3. The third-order valence-corrected chi connectivity index (χ3v) is 4.38. The molecule has 1 amide bonds. The predicted octanol–water partition coefficient (Wildman–Crippen LogP) is 3.85. The summed E-state index contributed by atoms with van der Waals surface area (Å²) in [7, 11) is 0. The fourth-order valence-corrected chi connectivity index (χ4v) is 3.11. The Morgan fingerprint density at radius 1 is 1.21 bits per heavy atom. The summed E-state index contributed by atoms with van der Waals surface area (Å²) in [6.07, 6.45) is 1.68. The third kappa shape index (κ3) is 4.07. The molecule has 28 heavy (non-hydrogen) atoms. The minimum atomic E-state index is -0.378. The van der Waals surface area contributed by atoms with Gasteiger partial charge in [0.1, 0.15) is 0 Å². The van der Waals surface area contributed by atoms with E-state index >= 15 is 0 Å². The van der Waals surface area contributed by atoms with Crippen LogP contribution >= 0.6 is 11.6 Å². The van der Waals surface area contributed by atoms with Gasteiger partial charge in [-0.3, -0.25) is 9.59 Å². The van der Waals surface area contributed by atoms with Crippen LogP contribution in [0.4, 0.5) is 0 Å². The Morgan fingerprint density at radius 3 is 2.61 bits per heavy atom. The maximum Gasteiger partial charge on any atom is 0.265 e. The van der Waals surface area contributed by atoms with E-state index in [1.54, 1.807) is 48.5 Å². The molecular formula is C21H20ClN3O3. The lowest BCUT2D eigenvalue weighted by Crippen LogP contribution is -2.21. The molecule has 0 aliphatic rings. The van der Waals surface area contributed by atoms with Crippen LogP contribution in [0, 0.1) is 5.92 Å². The number of pyridine rings is 1. The number of halogens is 1. The minimum Gasteiger partial charge on any atom is -0.494 e. The van der Waals surface area contributed by atoms with Gasteiger partial charge < -0.3 is 5.11 Å². The van der Waals surface area contributed by atoms with E-state index in [4.69, 9.17) is 11.6 Å². The van der Waals surface area contributed by atoms with Crippen LogP contribution in [0.5, 0.6) is 5.88 Å². The predicted molar refractivity (Wildman–Crippen MR) is 111 cm³/mol. The first-order chi connectivity index (χ1) is 13.4. The molecule has 3 aromatic rings. The van der Waals surface area contributed by atoms with Crippen LogP contribution in [0.2, 0.25) is 5.02 Å². The molecule has 0 spiro atoms. The van der Waals surface area contributed by atoms with Gasteiger partial charge in [-0.1, -0.05) is 49.7 Å². The summed E-state index contributed by atoms with van der Waals surface area (Å²) < 4.78 is 1.17. The molecule has 3 rings (SSSR count). The molecular weight excluding hydrogens is 378 g/mol. The summed E-state index contributed by atoms with van der Waals surface area (Å²) in [6, 6.07) is 13.5. The molecule has 2 aromatic carbocycles. The SMILES string of the molecule is CC(C)CC(=O)N/N=C/c1c(O)n(-c2cccc(Cl)c2)c(=O)c2ccccc12. The van der Waals surface area contributed by atoms with Crippen molar-refractivity contribution >= 4 is 34.5 Å². The first-order valence-corrected chi connectivity index (χ1v) is 9.21. The zero-order valence-electron chi connectivity index (χ0n) is 15.5. The van der Waals surface area contributed by atoms with E-state index in [0.717, 1.165) is 0 Å². The second kappa shape index (κ2) is 8.27. The Hall–Kier alpha value is -3.12. The summed E-state index contributed by atoms with van der Waals surface area (Å²) in [5, 5.41) is 16.2. The van der Waals surface area contributed by atoms with Crippen molar-refractivity contribution in [2.45, 2.75) is 20.3 Å². The van der Waals surface area contributed by atoms with Gasteiger partial charge in [-0.2, -0.15) is 5.10 Å². The Kier molecular flexibility index (Phi) is 5.80. The number of aromatic hydroxyl groups is 1. The molecule has 0 saturated carbocycles. The van der Waals surface area contributed by atoms with Crippen molar-refractivity contribution in [1.29, 1.82) is 0 Å². The highest BCUT2D eigenvalue weighted by Gasteiger charge is 2.16. The van der Waals surface area contributed by atoms with Crippen LogP contribution in [0.3, 0.4) is 0 Å². The lowest BCUT2D eigenvalue weighted by molar-refractivity contribution is -0.121. The van der Waals surface area contributed by atoms with E-state index in [2.05, 4.69) is 10.5 Å². The van der Waals surface area contributed by atoms with Crippen LogP contribution in [0.15, 0.2) is 58.4 Å². The van der Waals surface area contributed by atoms with Gasteiger partial charge in [0.2, 0.25) is 11.8 Å². The molecule has 1 heterocycles. The normalized spacial score (nSPS) is 11.4. The number of hydrogen-bond donors (Lipinski definition) is 2. The van der Waals surface area contributed by atoms with Gasteiger partial charge >= 0.3 is 0 Å². The minimum absolute atomic E-state index is 0.203. The summed E-state index contributed by atoms with van der Waals surface area (Å²) in [6.45, 7) is 3.87. The van der Waals surface area contributed by atoms with Crippen molar-refractivity contribution in [3.8, 4) is 11.6 Å². The first kappa shape index (κ1) is 19.6. The van der Waals surface area contributed by atoms with Crippen molar-refractivity contribution in [3.63, 3.8) is 0 Å². The van der Waals surface area contributed by atoms with Crippen molar-refractivity contribution in [2.24, 2.45) is 11.0 Å². The second-order valence-corrected chi connectivity index (χ2v) is 7.23.